The highest BCUT2D eigenvalue weighted by atomic mass is 16.3. The number of aliphatic hydroxyl groups is 1. The highest BCUT2D eigenvalue weighted by molar-refractivity contribution is 5.90. The quantitative estimate of drug-likeness (QED) is 0.761. The Bertz CT molecular complexity index is 592. The van der Waals surface area contributed by atoms with Gasteiger partial charge in [0.25, 0.3) is 5.91 Å². The predicted octanol–water partition coefficient (Wildman–Crippen LogP) is 1.15. The van der Waals surface area contributed by atoms with Crippen molar-refractivity contribution in [1.82, 2.24) is 20.5 Å². The van der Waals surface area contributed by atoms with Crippen molar-refractivity contribution in [2.75, 3.05) is 6.61 Å². The van der Waals surface area contributed by atoms with Crippen molar-refractivity contribution in [3.63, 3.8) is 0 Å². The summed E-state index contributed by atoms with van der Waals surface area (Å²) in [6.45, 7) is -0.171. The molecule has 1 fully saturated rings. The third-order valence-electron chi connectivity index (χ3n) is 3.36. The van der Waals surface area contributed by atoms with E-state index in [0.29, 0.717) is 5.92 Å². The number of nitrogens with zero attached hydrogens (tertiary/aromatic N) is 2. The van der Waals surface area contributed by atoms with Crippen LogP contribution in [0.2, 0.25) is 0 Å². The van der Waals surface area contributed by atoms with Crippen molar-refractivity contribution in [2.45, 2.75) is 24.8 Å². The average Bonchev–Trinajstić information content (AvgIpc) is 3.22. The Labute approximate surface area is 116 Å². The molecule has 0 bridgehead atoms. The summed E-state index contributed by atoms with van der Waals surface area (Å²) >= 11 is 0. The monoisotopic (exact) mass is 272 g/mol. The largest absolute Gasteiger partial charge is 0.394 e. The molecule has 1 aromatic carbocycles. The van der Waals surface area contributed by atoms with E-state index in [2.05, 4.69) is 20.5 Å². The molecule has 3 N–H and O–H groups in total. The lowest BCUT2D eigenvalue weighted by Crippen LogP contribution is -2.31. The van der Waals surface area contributed by atoms with Crippen LogP contribution in [0.1, 0.15) is 46.8 Å². The Morgan fingerprint density at radius 2 is 2.15 bits per heavy atom. The molecule has 1 aromatic heterocycles. The number of carbonyl (C=O) groups is 1. The molecule has 1 aliphatic rings. The topological polar surface area (TPSA) is 90.9 Å². The van der Waals surface area contributed by atoms with Gasteiger partial charge in [0, 0.05) is 5.92 Å². The normalized spacial score (nSPS) is 15.8. The Morgan fingerprint density at radius 1 is 1.40 bits per heavy atom. The SMILES string of the molecule is O=C(NC(CO)c1ccccc1)c1n[nH]c(C2CC2)n1. The minimum absolute atomic E-state index is 0.126. The molecule has 0 saturated heterocycles. The summed E-state index contributed by atoms with van der Waals surface area (Å²) in [6, 6.07) is 8.87. The smallest absolute Gasteiger partial charge is 0.291 e. The number of aromatic amines is 1. The van der Waals surface area contributed by atoms with Crippen LogP contribution in [0.3, 0.4) is 0 Å². The fraction of sp³-hybridized carbons (Fsp3) is 0.357. The van der Waals surface area contributed by atoms with Gasteiger partial charge in [-0.1, -0.05) is 30.3 Å². The summed E-state index contributed by atoms with van der Waals surface area (Å²) in [5.74, 6) is 0.944. The van der Waals surface area contributed by atoms with Crippen LogP contribution >= 0.6 is 0 Å². The minimum Gasteiger partial charge on any atom is -0.394 e. The summed E-state index contributed by atoms with van der Waals surface area (Å²) in [5.41, 5.74) is 0.848. The molecule has 20 heavy (non-hydrogen) atoms. The summed E-state index contributed by atoms with van der Waals surface area (Å²) in [6.07, 6.45) is 2.19. The van der Waals surface area contributed by atoms with E-state index in [1.54, 1.807) is 0 Å². The maximum atomic E-state index is 12.1. The fourth-order valence-corrected chi connectivity index (χ4v) is 2.06. The molecule has 1 saturated carbocycles. The lowest BCUT2D eigenvalue weighted by molar-refractivity contribution is 0.0906. The van der Waals surface area contributed by atoms with Crippen molar-refractivity contribution in [3.8, 4) is 0 Å². The van der Waals surface area contributed by atoms with Crippen LogP contribution in [-0.4, -0.2) is 32.8 Å². The van der Waals surface area contributed by atoms with Gasteiger partial charge < -0.3 is 10.4 Å². The van der Waals surface area contributed by atoms with E-state index in [1.165, 1.54) is 0 Å². The predicted molar refractivity (Wildman–Crippen MR) is 72.1 cm³/mol. The van der Waals surface area contributed by atoms with Gasteiger partial charge in [-0.05, 0) is 18.4 Å². The van der Waals surface area contributed by atoms with Crippen LogP contribution in [0.15, 0.2) is 30.3 Å². The van der Waals surface area contributed by atoms with E-state index in [4.69, 9.17) is 0 Å². The molecule has 2 aromatic rings. The number of hydrogen-bond acceptors (Lipinski definition) is 4. The highest BCUT2D eigenvalue weighted by Crippen LogP contribution is 2.37. The zero-order chi connectivity index (χ0) is 13.9. The standard InChI is InChI=1S/C14H16N4O2/c19-8-11(9-4-2-1-3-5-9)15-14(20)13-16-12(17-18-13)10-6-7-10/h1-5,10-11,19H,6-8H2,(H,15,20)(H,16,17,18). The van der Waals surface area contributed by atoms with Gasteiger partial charge >= 0.3 is 0 Å². The molecule has 3 rings (SSSR count). The minimum atomic E-state index is -0.452. The lowest BCUT2D eigenvalue weighted by atomic mass is 10.1. The molecule has 1 heterocycles. The molecule has 1 aliphatic carbocycles. The summed E-state index contributed by atoms with van der Waals surface area (Å²) in [7, 11) is 0. The van der Waals surface area contributed by atoms with Crippen molar-refractivity contribution in [2.24, 2.45) is 0 Å². The second-order valence-electron chi connectivity index (χ2n) is 4.94. The maximum Gasteiger partial charge on any atom is 0.291 e. The van der Waals surface area contributed by atoms with Gasteiger partial charge in [0.15, 0.2) is 0 Å². The van der Waals surface area contributed by atoms with Crippen LogP contribution in [0.5, 0.6) is 0 Å². The first kappa shape index (κ1) is 12.8. The van der Waals surface area contributed by atoms with Crippen molar-refractivity contribution >= 4 is 5.91 Å². The van der Waals surface area contributed by atoms with Crippen LogP contribution in [0.4, 0.5) is 0 Å². The van der Waals surface area contributed by atoms with Gasteiger partial charge in [-0.15, -0.1) is 5.10 Å². The zero-order valence-corrected chi connectivity index (χ0v) is 10.9. The van der Waals surface area contributed by atoms with E-state index < -0.39 is 6.04 Å². The maximum absolute atomic E-state index is 12.1. The number of H-pyrrole nitrogens is 1. The second-order valence-corrected chi connectivity index (χ2v) is 4.94. The van der Waals surface area contributed by atoms with Crippen LogP contribution in [0, 0.1) is 0 Å². The van der Waals surface area contributed by atoms with E-state index >= 15 is 0 Å². The van der Waals surface area contributed by atoms with Gasteiger partial charge in [-0.3, -0.25) is 9.89 Å². The number of carbonyl (C=O) groups excluding carboxylic acids is 1. The number of aromatic nitrogens is 3. The molecule has 1 atom stereocenters. The molecule has 6 nitrogen and oxygen atoms in total. The van der Waals surface area contributed by atoms with E-state index in [1.807, 2.05) is 30.3 Å². The second kappa shape index (κ2) is 5.42. The Balaban J connectivity index is 1.70. The Morgan fingerprint density at radius 3 is 2.80 bits per heavy atom. The van der Waals surface area contributed by atoms with E-state index in [0.717, 1.165) is 24.2 Å². The number of rotatable bonds is 5. The van der Waals surface area contributed by atoms with E-state index in [-0.39, 0.29) is 18.3 Å². The average molecular weight is 272 g/mol. The molecular formula is C14H16N4O2. The lowest BCUT2D eigenvalue weighted by Gasteiger charge is -2.15. The molecule has 1 unspecified atom stereocenters. The van der Waals surface area contributed by atoms with Crippen molar-refractivity contribution in [3.05, 3.63) is 47.5 Å². The first-order valence-electron chi connectivity index (χ1n) is 6.67. The number of aliphatic hydroxyl groups excluding tert-OH is 1. The molecule has 0 radical (unpaired) electrons. The molecule has 6 heteroatoms. The molecule has 104 valence electrons. The third kappa shape index (κ3) is 2.70. The molecular weight excluding hydrogens is 256 g/mol. The molecule has 1 amide bonds. The van der Waals surface area contributed by atoms with E-state index in [9.17, 15) is 9.90 Å². The Hall–Kier alpha value is -2.21. The zero-order valence-electron chi connectivity index (χ0n) is 10.9. The van der Waals surface area contributed by atoms with Crippen molar-refractivity contribution in [1.29, 1.82) is 0 Å². The first-order chi connectivity index (χ1) is 9.78. The van der Waals surface area contributed by atoms with Gasteiger partial charge in [-0.2, -0.15) is 0 Å². The number of nitrogens with one attached hydrogen (secondary N) is 2. The number of benzene rings is 1. The summed E-state index contributed by atoms with van der Waals surface area (Å²) in [5, 5.41) is 18.9. The van der Waals surface area contributed by atoms with Crippen LogP contribution in [-0.2, 0) is 0 Å². The number of amides is 1. The van der Waals surface area contributed by atoms with Gasteiger partial charge in [0.1, 0.15) is 5.82 Å². The fourth-order valence-electron chi connectivity index (χ4n) is 2.06. The molecule has 0 spiro atoms. The highest BCUT2D eigenvalue weighted by Gasteiger charge is 2.28. The van der Waals surface area contributed by atoms with Gasteiger partial charge in [-0.25, -0.2) is 4.98 Å². The van der Waals surface area contributed by atoms with Gasteiger partial charge in [0.2, 0.25) is 5.82 Å². The van der Waals surface area contributed by atoms with Gasteiger partial charge in [0.05, 0.1) is 12.6 Å². The first-order valence-corrected chi connectivity index (χ1v) is 6.67. The summed E-state index contributed by atoms with van der Waals surface area (Å²) < 4.78 is 0. The molecule has 0 aliphatic heterocycles. The Kier molecular flexibility index (Phi) is 3.47. The summed E-state index contributed by atoms with van der Waals surface area (Å²) in [4.78, 5) is 16.3. The van der Waals surface area contributed by atoms with Crippen LogP contribution < -0.4 is 5.32 Å². The third-order valence-corrected chi connectivity index (χ3v) is 3.36. The van der Waals surface area contributed by atoms with Crippen molar-refractivity contribution < 1.29 is 9.90 Å². The number of hydrogen-bond donors (Lipinski definition) is 3. The van der Waals surface area contributed by atoms with Crippen LogP contribution in [0.25, 0.3) is 0 Å².